The summed E-state index contributed by atoms with van der Waals surface area (Å²) in [6, 6.07) is 7.66. The summed E-state index contributed by atoms with van der Waals surface area (Å²) >= 11 is 3.35. The van der Waals surface area contributed by atoms with Crippen LogP contribution in [0.25, 0.3) is 0 Å². The van der Waals surface area contributed by atoms with Gasteiger partial charge in [-0.1, -0.05) is 15.9 Å². The summed E-state index contributed by atoms with van der Waals surface area (Å²) in [6.07, 6.45) is 0.441. The third kappa shape index (κ3) is 4.11. The highest BCUT2D eigenvalue weighted by Crippen LogP contribution is 2.14. The lowest BCUT2D eigenvalue weighted by Crippen LogP contribution is -2.43. The van der Waals surface area contributed by atoms with E-state index in [1.54, 1.807) is 0 Å². The van der Waals surface area contributed by atoms with Gasteiger partial charge in [0.25, 0.3) is 0 Å². The number of hydrogen-bond acceptors (Lipinski definition) is 3. The molecule has 0 radical (unpaired) electrons. The van der Waals surface area contributed by atoms with E-state index in [0.29, 0.717) is 13.0 Å². The predicted molar refractivity (Wildman–Crippen MR) is 70.0 cm³/mol. The van der Waals surface area contributed by atoms with Gasteiger partial charge in [0, 0.05) is 29.2 Å². The van der Waals surface area contributed by atoms with E-state index in [2.05, 4.69) is 26.6 Å². The Kier molecular flexibility index (Phi) is 4.53. The summed E-state index contributed by atoms with van der Waals surface area (Å²) in [6.45, 7) is 2.15. The Morgan fingerprint density at radius 2 is 2.24 bits per heavy atom. The average Bonchev–Trinajstić information content (AvgIpc) is 2.33. The van der Waals surface area contributed by atoms with E-state index in [1.807, 2.05) is 24.3 Å². The van der Waals surface area contributed by atoms with Gasteiger partial charge in [-0.3, -0.25) is 4.79 Å². The Labute approximate surface area is 109 Å². The molecule has 2 N–H and O–H groups in total. The van der Waals surface area contributed by atoms with Gasteiger partial charge in [-0.15, -0.1) is 0 Å². The molecule has 1 atom stereocenters. The predicted octanol–water partition coefficient (Wildman–Crippen LogP) is 1.77. The Hall–Kier alpha value is -0.910. The Morgan fingerprint density at radius 1 is 1.47 bits per heavy atom. The number of rotatable bonds is 3. The lowest BCUT2D eigenvalue weighted by Gasteiger charge is -2.23. The van der Waals surface area contributed by atoms with Gasteiger partial charge in [0.05, 0.1) is 13.2 Å². The van der Waals surface area contributed by atoms with Crippen LogP contribution in [0.4, 0.5) is 5.69 Å². The minimum atomic E-state index is 0.00956. The van der Waals surface area contributed by atoms with Crippen molar-refractivity contribution in [2.24, 2.45) is 0 Å². The second kappa shape index (κ2) is 6.14. The Balaban J connectivity index is 1.82. The van der Waals surface area contributed by atoms with Crippen molar-refractivity contribution in [3.05, 3.63) is 28.7 Å². The number of anilines is 1. The molecular weight excluding hydrogens is 284 g/mol. The van der Waals surface area contributed by atoms with Crippen LogP contribution in [-0.4, -0.2) is 31.7 Å². The number of amides is 1. The molecule has 0 aliphatic carbocycles. The van der Waals surface area contributed by atoms with Crippen molar-refractivity contribution in [1.82, 2.24) is 5.32 Å². The summed E-state index contributed by atoms with van der Waals surface area (Å²) < 4.78 is 6.30. The maximum atomic E-state index is 11.7. The van der Waals surface area contributed by atoms with Crippen molar-refractivity contribution in [3.8, 4) is 0 Å². The van der Waals surface area contributed by atoms with E-state index in [-0.39, 0.29) is 11.9 Å². The van der Waals surface area contributed by atoms with Crippen LogP contribution < -0.4 is 10.6 Å². The van der Waals surface area contributed by atoms with E-state index in [0.717, 1.165) is 23.3 Å². The van der Waals surface area contributed by atoms with Crippen molar-refractivity contribution >= 4 is 27.5 Å². The molecule has 4 nitrogen and oxygen atoms in total. The Morgan fingerprint density at radius 3 is 2.88 bits per heavy atom. The molecule has 1 fully saturated rings. The largest absolute Gasteiger partial charge is 0.378 e. The van der Waals surface area contributed by atoms with Gasteiger partial charge in [0.1, 0.15) is 0 Å². The fourth-order valence-corrected chi connectivity index (χ4v) is 1.98. The summed E-state index contributed by atoms with van der Waals surface area (Å²) in [5.74, 6) is 0.00956. The molecule has 1 amide bonds. The van der Waals surface area contributed by atoms with E-state index in [1.165, 1.54) is 0 Å². The van der Waals surface area contributed by atoms with Crippen LogP contribution in [0.2, 0.25) is 0 Å². The van der Waals surface area contributed by atoms with Crippen molar-refractivity contribution in [1.29, 1.82) is 0 Å². The third-order valence-corrected chi connectivity index (χ3v) is 3.09. The van der Waals surface area contributed by atoms with E-state index < -0.39 is 0 Å². The first-order chi connectivity index (χ1) is 8.24. The van der Waals surface area contributed by atoms with Crippen LogP contribution in [0.1, 0.15) is 6.42 Å². The molecule has 2 rings (SSSR count). The first kappa shape index (κ1) is 12.5. The molecule has 1 aliphatic heterocycles. The summed E-state index contributed by atoms with van der Waals surface area (Å²) in [4.78, 5) is 11.7. The first-order valence-corrected chi connectivity index (χ1v) is 6.40. The second-order valence-electron chi connectivity index (χ2n) is 3.99. The molecular formula is C12H15BrN2O2. The van der Waals surface area contributed by atoms with Crippen LogP contribution >= 0.6 is 15.9 Å². The maximum Gasteiger partial charge on any atom is 0.226 e. The SMILES string of the molecule is O=C(CC1COCCN1)Nc1ccc(Br)cc1. The minimum Gasteiger partial charge on any atom is -0.378 e. The van der Waals surface area contributed by atoms with Crippen LogP contribution in [-0.2, 0) is 9.53 Å². The molecule has 17 heavy (non-hydrogen) atoms. The van der Waals surface area contributed by atoms with Crippen molar-refractivity contribution in [2.75, 3.05) is 25.1 Å². The number of benzene rings is 1. The number of ether oxygens (including phenoxy) is 1. The quantitative estimate of drug-likeness (QED) is 0.894. The number of nitrogens with one attached hydrogen (secondary N) is 2. The fraction of sp³-hybridized carbons (Fsp3) is 0.417. The number of carbonyl (C=O) groups excluding carboxylic acids is 1. The van der Waals surface area contributed by atoms with E-state index >= 15 is 0 Å². The smallest absolute Gasteiger partial charge is 0.226 e. The molecule has 1 heterocycles. The van der Waals surface area contributed by atoms with Crippen LogP contribution in [0, 0.1) is 0 Å². The second-order valence-corrected chi connectivity index (χ2v) is 4.90. The molecule has 5 heteroatoms. The molecule has 0 saturated carbocycles. The lowest BCUT2D eigenvalue weighted by molar-refractivity contribution is -0.117. The van der Waals surface area contributed by atoms with Gasteiger partial charge in [0.2, 0.25) is 5.91 Å². The molecule has 1 aromatic rings. The highest BCUT2D eigenvalue weighted by atomic mass is 79.9. The van der Waals surface area contributed by atoms with Gasteiger partial charge in [-0.05, 0) is 24.3 Å². The fourth-order valence-electron chi connectivity index (χ4n) is 1.72. The average molecular weight is 299 g/mol. The lowest BCUT2D eigenvalue weighted by atomic mass is 10.2. The first-order valence-electron chi connectivity index (χ1n) is 5.60. The maximum absolute atomic E-state index is 11.7. The van der Waals surface area contributed by atoms with Gasteiger partial charge < -0.3 is 15.4 Å². The molecule has 1 aromatic carbocycles. The minimum absolute atomic E-state index is 0.00956. The standard InChI is InChI=1S/C12H15BrN2O2/c13-9-1-3-10(4-2-9)15-12(16)7-11-8-17-6-5-14-11/h1-4,11,14H,5-8H2,(H,15,16). The van der Waals surface area contributed by atoms with Gasteiger partial charge in [-0.25, -0.2) is 0 Å². The molecule has 1 unspecified atom stereocenters. The zero-order chi connectivity index (χ0) is 12.1. The highest BCUT2D eigenvalue weighted by Gasteiger charge is 2.16. The van der Waals surface area contributed by atoms with E-state index in [4.69, 9.17) is 4.74 Å². The zero-order valence-electron chi connectivity index (χ0n) is 9.41. The number of hydrogen-bond donors (Lipinski definition) is 2. The van der Waals surface area contributed by atoms with Crippen molar-refractivity contribution < 1.29 is 9.53 Å². The number of morpholine rings is 1. The molecule has 1 aliphatic rings. The highest BCUT2D eigenvalue weighted by molar-refractivity contribution is 9.10. The van der Waals surface area contributed by atoms with Crippen LogP contribution in [0.3, 0.4) is 0 Å². The summed E-state index contributed by atoms with van der Waals surface area (Å²) in [5.41, 5.74) is 0.815. The number of halogens is 1. The van der Waals surface area contributed by atoms with Crippen LogP contribution in [0.15, 0.2) is 28.7 Å². The zero-order valence-corrected chi connectivity index (χ0v) is 11.0. The van der Waals surface area contributed by atoms with E-state index in [9.17, 15) is 4.79 Å². The summed E-state index contributed by atoms with van der Waals surface area (Å²) in [5, 5.41) is 6.11. The van der Waals surface area contributed by atoms with Gasteiger partial charge in [0.15, 0.2) is 0 Å². The topological polar surface area (TPSA) is 50.4 Å². The summed E-state index contributed by atoms with van der Waals surface area (Å²) in [7, 11) is 0. The molecule has 1 saturated heterocycles. The third-order valence-electron chi connectivity index (χ3n) is 2.56. The van der Waals surface area contributed by atoms with Gasteiger partial charge in [-0.2, -0.15) is 0 Å². The molecule has 0 aromatic heterocycles. The normalized spacial score (nSPS) is 19.9. The molecule has 92 valence electrons. The molecule has 0 spiro atoms. The molecule has 0 bridgehead atoms. The monoisotopic (exact) mass is 298 g/mol. The Bertz CT molecular complexity index is 375. The van der Waals surface area contributed by atoms with Crippen LogP contribution in [0.5, 0.6) is 0 Å². The number of carbonyl (C=O) groups is 1. The van der Waals surface area contributed by atoms with Crippen molar-refractivity contribution in [3.63, 3.8) is 0 Å². The van der Waals surface area contributed by atoms with Crippen molar-refractivity contribution in [2.45, 2.75) is 12.5 Å². The van der Waals surface area contributed by atoms with Gasteiger partial charge >= 0.3 is 0 Å².